The van der Waals surface area contributed by atoms with Gasteiger partial charge < -0.3 is 14.3 Å². The van der Waals surface area contributed by atoms with Crippen LogP contribution in [0.2, 0.25) is 0 Å². The Kier molecular flexibility index (Phi) is 7.84. The molecule has 1 aliphatic carbocycles. The monoisotopic (exact) mass is 687 g/mol. The fraction of sp³-hybridized carbons (Fsp3) is 0.143. The van der Waals surface area contributed by atoms with Crippen molar-refractivity contribution in [2.75, 3.05) is 0 Å². The van der Waals surface area contributed by atoms with Crippen molar-refractivity contribution < 1.29 is 4.42 Å². The van der Waals surface area contributed by atoms with Crippen molar-refractivity contribution in [3.8, 4) is 16.8 Å². The van der Waals surface area contributed by atoms with E-state index in [1.807, 2.05) is 6.07 Å². The normalized spacial score (nSPS) is 17.8. The van der Waals surface area contributed by atoms with E-state index in [2.05, 4.69) is 174 Å². The number of fused-ring (bicyclic) bond motifs is 6. The van der Waals surface area contributed by atoms with Gasteiger partial charge >= 0.3 is 0 Å². The first kappa shape index (κ1) is 31.6. The second kappa shape index (κ2) is 13.1. The lowest BCUT2D eigenvalue weighted by Crippen LogP contribution is -2.34. The van der Waals surface area contributed by atoms with Crippen molar-refractivity contribution in [2.45, 2.75) is 44.8 Å². The molecule has 258 valence electrons. The Morgan fingerprint density at radius 3 is 2.34 bits per heavy atom. The lowest BCUT2D eigenvalue weighted by atomic mass is 9.92. The molecule has 0 amide bonds. The van der Waals surface area contributed by atoms with Gasteiger partial charge in [-0.15, -0.1) is 0 Å². The average molecular weight is 688 g/mol. The zero-order chi connectivity index (χ0) is 35.3. The Labute approximate surface area is 309 Å². The Hall–Kier alpha value is -6.10. The summed E-state index contributed by atoms with van der Waals surface area (Å²) < 4.78 is 8.88. The zero-order valence-corrected chi connectivity index (χ0v) is 29.8. The molecule has 53 heavy (non-hydrogen) atoms. The third kappa shape index (κ3) is 5.49. The number of hydrogen-bond acceptors (Lipinski definition) is 3. The second-order valence-corrected chi connectivity index (χ2v) is 14.4. The molecule has 0 saturated heterocycles. The van der Waals surface area contributed by atoms with E-state index in [0.717, 1.165) is 64.4 Å². The molecule has 2 unspecified atom stereocenters. The van der Waals surface area contributed by atoms with Crippen molar-refractivity contribution in [1.29, 1.82) is 0 Å². The lowest BCUT2D eigenvalue weighted by molar-refractivity contribution is 0.422. The predicted molar refractivity (Wildman–Crippen MR) is 220 cm³/mol. The highest BCUT2D eigenvalue weighted by Crippen LogP contribution is 2.40. The number of hydrogen-bond donors (Lipinski definition) is 2. The van der Waals surface area contributed by atoms with Gasteiger partial charge in [-0.25, -0.2) is 0 Å². The van der Waals surface area contributed by atoms with Gasteiger partial charge in [0.05, 0.1) is 11.0 Å². The maximum absolute atomic E-state index is 6.46. The third-order valence-corrected chi connectivity index (χ3v) is 11.3. The van der Waals surface area contributed by atoms with Gasteiger partial charge in [-0.2, -0.15) is 0 Å². The zero-order valence-electron chi connectivity index (χ0n) is 29.8. The van der Waals surface area contributed by atoms with Gasteiger partial charge in [-0.3, -0.25) is 5.32 Å². The molecule has 0 fully saturated rings. The molecule has 2 aromatic heterocycles. The van der Waals surface area contributed by atoms with Gasteiger partial charge in [0.1, 0.15) is 17.3 Å². The van der Waals surface area contributed by atoms with Gasteiger partial charge in [0, 0.05) is 44.5 Å². The molecule has 1 aliphatic heterocycles. The summed E-state index contributed by atoms with van der Waals surface area (Å²) in [4.78, 5) is 0. The highest BCUT2D eigenvalue weighted by molar-refractivity contribution is 6.13. The molecule has 4 nitrogen and oxygen atoms in total. The third-order valence-electron chi connectivity index (χ3n) is 11.3. The quantitative estimate of drug-likeness (QED) is 0.183. The fourth-order valence-electron chi connectivity index (χ4n) is 8.66. The first-order valence-electron chi connectivity index (χ1n) is 18.9. The average Bonchev–Trinajstić information content (AvgIpc) is 3.69. The number of nitrogens with one attached hydrogen (secondary N) is 2. The number of para-hydroxylation sites is 3. The van der Waals surface area contributed by atoms with Gasteiger partial charge in [0.15, 0.2) is 0 Å². The van der Waals surface area contributed by atoms with Crippen LogP contribution in [-0.2, 0) is 0 Å². The van der Waals surface area contributed by atoms with Crippen molar-refractivity contribution in [2.24, 2.45) is 0 Å². The lowest BCUT2D eigenvalue weighted by Gasteiger charge is -2.27. The van der Waals surface area contributed by atoms with E-state index in [4.69, 9.17) is 4.42 Å². The van der Waals surface area contributed by atoms with Crippen molar-refractivity contribution in [1.82, 2.24) is 15.2 Å². The number of benzene rings is 6. The molecule has 2 N–H and O–H groups in total. The standard InChI is InChI=1S/C49H41N3O/c1-2-32-31-43(33-15-5-3-6-16-33)50-49(51-47(32)34-17-7-4-8-18-34)36-19-13-20-37(29-36)52-44-25-11-9-21-39(44)42-30-35(27-28-45(42)52)38-23-14-24-41-40-22-10-12-26-46(40)53-48(38)41/h3-7,9-17,19-30,43,49-51H,2,8,18,31H2,1H3. The maximum Gasteiger partial charge on any atom is 0.143 e. The van der Waals surface area contributed by atoms with Crippen LogP contribution < -0.4 is 10.6 Å². The largest absolute Gasteiger partial charge is 0.455 e. The van der Waals surface area contributed by atoms with E-state index < -0.39 is 0 Å². The van der Waals surface area contributed by atoms with Gasteiger partial charge in [0.25, 0.3) is 0 Å². The molecule has 3 heterocycles. The summed E-state index contributed by atoms with van der Waals surface area (Å²) in [6.07, 6.45) is 10.8. The topological polar surface area (TPSA) is 42.1 Å². The summed E-state index contributed by atoms with van der Waals surface area (Å²) in [7, 11) is 0. The molecular weight excluding hydrogens is 647 g/mol. The summed E-state index contributed by atoms with van der Waals surface area (Å²) in [5.41, 5.74) is 14.3. The van der Waals surface area contributed by atoms with E-state index in [0.29, 0.717) is 0 Å². The van der Waals surface area contributed by atoms with Crippen molar-refractivity contribution in [3.05, 3.63) is 186 Å². The molecule has 0 spiro atoms. The summed E-state index contributed by atoms with van der Waals surface area (Å²) >= 11 is 0. The molecular formula is C49H41N3O. The highest BCUT2D eigenvalue weighted by Gasteiger charge is 2.28. The SMILES string of the molecule is CCC1=C(C2=CC=CCC2)NC(c2cccc(-n3c4ccccc4c4cc(-c5cccc6c5oc5ccccc56)ccc43)c2)NC(c2ccccc2)C1. The molecule has 6 aromatic carbocycles. The molecule has 0 radical (unpaired) electrons. The molecule has 0 bridgehead atoms. The fourth-order valence-corrected chi connectivity index (χ4v) is 8.66. The van der Waals surface area contributed by atoms with Crippen LogP contribution in [-0.4, -0.2) is 4.57 Å². The number of nitrogens with zero attached hydrogens (tertiary/aromatic N) is 1. The number of allylic oxidation sites excluding steroid dienone is 4. The first-order valence-corrected chi connectivity index (χ1v) is 18.9. The van der Waals surface area contributed by atoms with Crippen LogP contribution in [0, 0.1) is 0 Å². The van der Waals surface area contributed by atoms with Gasteiger partial charge in [0.2, 0.25) is 0 Å². The van der Waals surface area contributed by atoms with Crippen LogP contribution in [0.25, 0.3) is 60.6 Å². The van der Waals surface area contributed by atoms with E-state index in [9.17, 15) is 0 Å². The van der Waals surface area contributed by atoms with E-state index in [-0.39, 0.29) is 12.2 Å². The van der Waals surface area contributed by atoms with Crippen LogP contribution in [0.4, 0.5) is 0 Å². The van der Waals surface area contributed by atoms with Gasteiger partial charge in [-0.05, 0) is 89.9 Å². The highest BCUT2D eigenvalue weighted by atomic mass is 16.3. The first-order chi connectivity index (χ1) is 26.2. The minimum absolute atomic E-state index is 0.0741. The van der Waals surface area contributed by atoms with Crippen LogP contribution in [0.15, 0.2) is 179 Å². The summed E-state index contributed by atoms with van der Waals surface area (Å²) in [6, 6.07) is 50.6. The second-order valence-electron chi connectivity index (χ2n) is 14.4. The molecule has 10 rings (SSSR count). The summed E-state index contributed by atoms with van der Waals surface area (Å²) in [5, 5.41) is 12.9. The molecule has 2 atom stereocenters. The van der Waals surface area contributed by atoms with Crippen LogP contribution >= 0.6 is 0 Å². The number of furan rings is 1. The molecule has 4 heteroatoms. The minimum atomic E-state index is -0.0741. The van der Waals surface area contributed by atoms with E-state index in [1.165, 1.54) is 49.8 Å². The van der Waals surface area contributed by atoms with Crippen molar-refractivity contribution in [3.63, 3.8) is 0 Å². The van der Waals surface area contributed by atoms with Crippen LogP contribution in [0.1, 0.15) is 55.9 Å². The summed E-state index contributed by atoms with van der Waals surface area (Å²) in [5.74, 6) is 0. The van der Waals surface area contributed by atoms with Crippen LogP contribution in [0.3, 0.4) is 0 Å². The number of rotatable bonds is 6. The Bertz CT molecular complexity index is 2760. The minimum Gasteiger partial charge on any atom is -0.455 e. The molecule has 8 aromatic rings. The number of aromatic nitrogens is 1. The smallest absolute Gasteiger partial charge is 0.143 e. The maximum atomic E-state index is 6.46. The molecule has 2 aliphatic rings. The van der Waals surface area contributed by atoms with Crippen LogP contribution in [0.5, 0.6) is 0 Å². The van der Waals surface area contributed by atoms with E-state index >= 15 is 0 Å². The molecule has 0 saturated carbocycles. The van der Waals surface area contributed by atoms with Gasteiger partial charge in [-0.1, -0.05) is 128 Å². The Balaban J connectivity index is 1.09. The predicted octanol–water partition coefficient (Wildman–Crippen LogP) is 12.6. The Morgan fingerprint density at radius 2 is 1.47 bits per heavy atom. The van der Waals surface area contributed by atoms with Crippen molar-refractivity contribution >= 4 is 43.7 Å². The van der Waals surface area contributed by atoms with E-state index in [1.54, 1.807) is 0 Å². The Morgan fingerprint density at radius 1 is 0.698 bits per heavy atom. The summed E-state index contributed by atoms with van der Waals surface area (Å²) in [6.45, 7) is 2.30.